The van der Waals surface area contributed by atoms with Crippen LogP contribution in [0.15, 0.2) is 23.3 Å². The molecule has 38 heavy (non-hydrogen) atoms. The number of hydrogen-bond donors (Lipinski definition) is 2. The van der Waals surface area contributed by atoms with Crippen molar-refractivity contribution in [3.05, 3.63) is 23.3 Å². The standard InChI is InChI=1S/C33H52O5/c1-19(21(3)29(36)37)10-11-20(2)23-14-17-32(8)24-12-13-26-30(5,6)28(38-22(4)34)15-16-31(26,7)25(24)18-27(35)33(23,32)9/h20-21,23,26-28,35H,1,10-18H2,2-9H3,(H,36,37). The molecule has 4 aliphatic carbocycles. The number of aliphatic hydroxyl groups is 1. The third kappa shape index (κ3) is 4.21. The predicted molar refractivity (Wildman–Crippen MR) is 150 cm³/mol. The summed E-state index contributed by atoms with van der Waals surface area (Å²) in [6, 6.07) is 0. The molecule has 0 radical (unpaired) electrons. The van der Waals surface area contributed by atoms with Crippen LogP contribution in [0.25, 0.3) is 0 Å². The summed E-state index contributed by atoms with van der Waals surface area (Å²) in [4.78, 5) is 23.3. The number of allylic oxidation sites excluding steroid dienone is 1. The van der Waals surface area contributed by atoms with Crippen molar-refractivity contribution in [2.75, 3.05) is 0 Å². The zero-order valence-corrected chi connectivity index (χ0v) is 25.2. The van der Waals surface area contributed by atoms with E-state index in [1.54, 1.807) is 12.5 Å². The van der Waals surface area contributed by atoms with Gasteiger partial charge in [-0.15, -0.1) is 0 Å². The van der Waals surface area contributed by atoms with Gasteiger partial charge in [0.1, 0.15) is 6.10 Å². The van der Waals surface area contributed by atoms with Crippen molar-refractivity contribution in [2.45, 2.75) is 125 Å². The smallest absolute Gasteiger partial charge is 0.310 e. The SMILES string of the molecule is C=C(CCC(C)C1CCC2(C)C3=C(CC(O)C12C)C1(C)CCC(OC(C)=O)C(C)(C)C1CC3)C(C)C(=O)O. The highest BCUT2D eigenvalue weighted by Gasteiger charge is 2.66. The zero-order valence-electron chi connectivity index (χ0n) is 25.2. The highest BCUT2D eigenvalue weighted by atomic mass is 16.5. The number of fused-ring (bicyclic) bond motifs is 4. The minimum absolute atomic E-state index is 0.0213. The summed E-state index contributed by atoms with van der Waals surface area (Å²) < 4.78 is 5.83. The molecule has 5 heteroatoms. The average molecular weight is 529 g/mol. The summed E-state index contributed by atoms with van der Waals surface area (Å²) >= 11 is 0. The molecule has 0 amide bonds. The van der Waals surface area contributed by atoms with Gasteiger partial charge in [-0.3, -0.25) is 9.59 Å². The number of carboxylic acids is 1. The number of aliphatic hydroxyl groups excluding tert-OH is 1. The molecule has 0 aliphatic heterocycles. The predicted octanol–water partition coefficient (Wildman–Crippen LogP) is 7.33. The number of carboxylic acid groups (broad SMARTS) is 1. The molecule has 0 saturated heterocycles. The van der Waals surface area contributed by atoms with E-state index < -0.39 is 18.0 Å². The van der Waals surface area contributed by atoms with Crippen LogP contribution >= 0.6 is 0 Å². The monoisotopic (exact) mass is 528 g/mol. The topological polar surface area (TPSA) is 83.8 Å². The van der Waals surface area contributed by atoms with Gasteiger partial charge in [0.05, 0.1) is 12.0 Å². The lowest BCUT2D eigenvalue weighted by molar-refractivity contribution is -0.168. The van der Waals surface area contributed by atoms with Crippen LogP contribution in [-0.4, -0.2) is 34.4 Å². The molecule has 4 aliphatic rings. The largest absolute Gasteiger partial charge is 0.481 e. The summed E-state index contributed by atoms with van der Waals surface area (Å²) in [6.45, 7) is 21.4. The number of carbonyl (C=O) groups is 2. The fourth-order valence-corrected chi connectivity index (χ4v) is 10.0. The highest BCUT2D eigenvalue weighted by molar-refractivity contribution is 5.72. The van der Waals surface area contributed by atoms with Gasteiger partial charge in [0.25, 0.3) is 0 Å². The molecule has 0 aromatic carbocycles. The number of rotatable bonds is 7. The van der Waals surface area contributed by atoms with Crippen molar-refractivity contribution in [1.82, 2.24) is 0 Å². The van der Waals surface area contributed by atoms with Gasteiger partial charge in [-0.25, -0.2) is 0 Å². The van der Waals surface area contributed by atoms with Gasteiger partial charge in [-0.1, -0.05) is 64.8 Å². The molecular weight excluding hydrogens is 476 g/mol. The van der Waals surface area contributed by atoms with Crippen LogP contribution in [0, 0.1) is 45.3 Å². The minimum Gasteiger partial charge on any atom is -0.481 e. The van der Waals surface area contributed by atoms with Crippen LogP contribution in [0.1, 0.15) is 113 Å². The second-order valence-corrected chi connectivity index (χ2v) is 14.6. The third-order valence-corrected chi connectivity index (χ3v) is 12.7. The van der Waals surface area contributed by atoms with E-state index >= 15 is 0 Å². The van der Waals surface area contributed by atoms with Gasteiger partial charge in [0.15, 0.2) is 0 Å². The summed E-state index contributed by atoms with van der Waals surface area (Å²) in [7, 11) is 0. The van der Waals surface area contributed by atoms with Crippen molar-refractivity contribution >= 4 is 11.9 Å². The first-order valence-corrected chi connectivity index (χ1v) is 15.0. The first-order chi connectivity index (χ1) is 17.5. The van der Waals surface area contributed by atoms with Crippen molar-refractivity contribution in [3.8, 4) is 0 Å². The van der Waals surface area contributed by atoms with Crippen LogP contribution in [0.4, 0.5) is 0 Å². The summed E-state index contributed by atoms with van der Waals surface area (Å²) in [5, 5.41) is 21.4. The summed E-state index contributed by atoms with van der Waals surface area (Å²) in [5.41, 5.74) is 3.60. The molecule has 9 unspecified atom stereocenters. The van der Waals surface area contributed by atoms with Crippen molar-refractivity contribution in [2.24, 2.45) is 45.3 Å². The van der Waals surface area contributed by atoms with Gasteiger partial charge in [-0.2, -0.15) is 0 Å². The third-order valence-electron chi connectivity index (χ3n) is 12.7. The van der Waals surface area contributed by atoms with Crippen molar-refractivity contribution in [3.63, 3.8) is 0 Å². The molecule has 0 aromatic heterocycles. The number of esters is 1. The van der Waals surface area contributed by atoms with E-state index in [-0.39, 0.29) is 33.7 Å². The molecule has 0 heterocycles. The average Bonchev–Trinajstić information content (AvgIpc) is 3.12. The minimum atomic E-state index is -0.806. The van der Waals surface area contributed by atoms with Crippen molar-refractivity contribution < 1.29 is 24.5 Å². The molecule has 214 valence electrons. The van der Waals surface area contributed by atoms with Crippen LogP contribution in [0.5, 0.6) is 0 Å². The quantitative estimate of drug-likeness (QED) is 0.267. The van der Waals surface area contributed by atoms with Crippen molar-refractivity contribution in [1.29, 1.82) is 0 Å². The van der Waals surface area contributed by atoms with E-state index in [1.807, 2.05) is 0 Å². The maximum Gasteiger partial charge on any atom is 0.310 e. The normalized spacial score (nSPS) is 41.4. The Bertz CT molecular complexity index is 1020. The number of carbonyl (C=O) groups excluding carboxylic acids is 1. The Morgan fingerprint density at radius 2 is 1.71 bits per heavy atom. The lowest BCUT2D eigenvalue weighted by Crippen LogP contribution is -2.58. The van der Waals surface area contributed by atoms with E-state index in [0.29, 0.717) is 17.8 Å². The maximum atomic E-state index is 12.0. The maximum absolute atomic E-state index is 12.0. The second-order valence-electron chi connectivity index (χ2n) is 14.6. The highest BCUT2D eigenvalue weighted by Crippen LogP contribution is 2.72. The molecule has 2 fully saturated rings. The zero-order chi connectivity index (χ0) is 28.4. The Kier molecular flexibility index (Phi) is 7.56. The molecular formula is C33H52O5. The Morgan fingerprint density at radius 3 is 2.32 bits per heavy atom. The van der Waals surface area contributed by atoms with E-state index in [9.17, 15) is 19.8 Å². The molecule has 0 spiro atoms. The molecule has 4 rings (SSSR count). The van der Waals surface area contributed by atoms with Crippen LogP contribution < -0.4 is 0 Å². The molecule has 0 aromatic rings. The molecule has 2 N–H and O–H groups in total. The number of aliphatic carboxylic acids is 1. The lowest BCUT2D eigenvalue weighted by Gasteiger charge is -2.63. The fourth-order valence-electron chi connectivity index (χ4n) is 10.0. The van der Waals surface area contributed by atoms with Crippen LogP contribution in [-0.2, 0) is 14.3 Å². The molecule has 0 bridgehead atoms. The Morgan fingerprint density at radius 1 is 1.05 bits per heavy atom. The van der Waals surface area contributed by atoms with Gasteiger partial charge in [0, 0.05) is 17.8 Å². The van der Waals surface area contributed by atoms with E-state index in [4.69, 9.17) is 4.74 Å². The van der Waals surface area contributed by atoms with E-state index in [2.05, 4.69) is 48.1 Å². The van der Waals surface area contributed by atoms with Gasteiger partial charge in [0.2, 0.25) is 0 Å². The summed E-state index contributed by atoms with van der Waals surface area (Å²) in [6.07, 6.45) is 8.18. The molecule has 9 atom stereocenters. The number of ether oxygens (including phenoxy) is 1. The Balaban J connectivity index is 1.62. The first kappa shape index (κ1) is 29.4. The second kappa shape index (κ2) is 9.78. The number of hydrogen-bond acceptors (Lipinski definition) is 4. The van der Waals surface area contributed by atoms with Crippen LogP contribution in [0.2, 0.25) is 0 Å². The van der Waals surface area contributed by atoms with Gasteiger partial charge >= 0.3 is 11.9 Å². The Labute approximate surface area is 230 Å². The van der Waals surface area contributed by atoms with Crippen LogP contribution in [0.3, 0.4) is 0 Å². The van der Waals surface area contributed by atoms with E-state index in [1.165, 1.54) is 12.5 Å². The lowest BCUT2D eigenvalue weighted by atomic mass is 9.42. The van der Waals surface area contributed by atoms with E-state index in [0.717, 1.165) is 63.4 Å². The fraction of sp³-hybridized carbons (Fsp3) is 0.818. The molecule has 2 saturated carbocycles. The molecule has 5 nitrogen and oxygen atoms in total. The first-order valence-electron chi connectivity index (χ1n) is 15.0. The van der Waals surface area contributed by atoms with Gasteiger partial charge in [-0.05, 0) is 93.3 Å². The summed E-state index contributed by atoms with van der Waals surface area (Å²) in [5.74, 6) is -0.307. The Hall–Kier alpha value is -1.62. The van der Waals surface area contributed by atoms with Gasteiger partial charge < -0.3 is 14.9 Å².